The fraction of sp³-hybridized carbons (Fsp3) is 0.737. The van der Waals surface area contributed by atoms with Gasteiger partial charge in [-0.1, -0.05) is 19.8 Å². The average molecular weight is 363 g/mol. The molecule has 3 rings (SSSR count). The van der Waals surface area contributed by atoms with E-state index in [4.69, 9.17) is 9.84 Å². The lowest BCUT2D eigenvalue weighted by Crippen LogP contribution is -2.43. The maximum Gasteiger partial charge on any atom is 0.332 e. The molecule has 1 N–H and O–H groups in total. The van der Waals surface area contributed by atoms with E-state index in [2.05, 4.69) is 11.9 Å². The summed E-state index contributed by atoms with van der Waals surface area (Å²) in [7, 11) is 1.64. The smallest absolute Gasteiger partial charge is 0.332 e. The third-order valence-corrected chi connectivity index (χ3v) is 5.60. The minimum Gasteiger partial charge on any atom is -0.480 e. The van der Waals surface area contributed by atoms with Gasteiger partial charge in [0, 0.05) is 26.1 Å². The van der Waals surface area contributed by atoms with Crippen LogP contribution in [0.2, 0.25) is 0 Å². The Labute approximate surface area is 153 Å². The van der Waals surface area contributed by atoms with Crippen molar-refractivity contribution < 1.29 is 9.84 Å². The number of aliphatic hydroxyl groups is 1. The molecule has 1 unspecified atom stereocenters. The van der Waals surface area contributed by atoms with E-state index < -0.39 is 5.69 Å². The molecule has 1 aromatic rings. The van der Waals surface area contributed by atoms with Gasteiger partial charge in [0.1, 0.15) is 5.82 Å². The van der Waals surface area contributed by atoms with Crippen LogP contribution in [-0.2, 0) is 24.8 Å². The summed E-state index contributed by atoms with van der Waals surface area (Å²) in [4.78, 5) is 29.9. The van der Waals surface area contributed by atoms with Crippen molar-refractivity contribution in [2.24, 2.45) is 23.9 Å². The van der Waals surface area contributed by atoms with E-state index in [0.717, 1.165) is 6.42 Å². The van der Waals surface area contributed by atoms with E-state index in [9.17, 15) is 9.59 Å². The van der Waals surface area contributed by atoms with Crippen LogP contribution in [0.4, 0.5) is 5.82 Å². The number of hydrogen-bond donors (Lipinski definition) is 1. The summed E-state index contributed by atoms with van der Waals surface area (Å²) in [5.74, 6) is 1.74. The van der Waals surface area contributed by atoms with Crippen molar-refractivity contribution in [2.75, 3.05) is 13.2 Å². The van der Waals surface area contributed by atoms with Crippen molar-refractivity contribution >= 4 is 11.7 Å². The van der Waals surface area contributed by atoms with Gasteiger partial charge < -0.3 is 9.84 Å². The largest absolute Gasteiger partial charge is 0.480 e. The zero-order chi connectivity index (χ0) is 18.7. The molecule has 2 heterocycles. The fourth-order valence-corrected chi connectivity index (χ4v) is 3.95. The molecular weight excluding hydrogens is 334 g/mol. The Kier molecular flexibility index (Phi) is 5.96. The van der Waals surface area contributed by atoms with Crippen LogP contribution in [0.15, 0.2) is 14.6 Å². The number of fused-ring (bicyclic) bond motifs is 1. The second-order valence-electron chi connectivity index (χ2n) is 7.40. The first-order valence-electron chi connectivity index (χ1n) is 9.71. The Morgan fingerprint density at radius 1 is 1.27 bits per heavy atom. The molecule has 0 spiro atoms. The van der Waals surface area contributed by atoms with Gasteiger partial charge in [0.25, 0.3) is 5.56 Å². The highest BCUT2D eigenvalue weighted by atomic mass is 16.5. The van der Waals surface area contributed by atoms with Gasteiger partial charge >= 0.3 is 5.69 Å². The monoisotopic (exact) mass is 363 g/mol. The van der Waals surface area contributed by atoms with Crippen LogP contribution in [0.1, 0.15) is 51.0 Å². The third-order valence-electron chi connectivity index (χ3n) is 5.60. The second kappa shape index (κ2) is 8.20. The maximum atomic E-state index is 12.8. The molecule has 1 aromatic heterocycles. The first-order chi connectivity index (χ1) is 12.6. The molecule has 1 atom stereocenters. The number of aliphatic imine (C=N–C) groups is 1. The first kappa shape index (κ1) is 18.9. The lowest BCUT2D eigenvalue weighted by Gasteiger charge is -2.26. The fourth-order valence-electron chi connectivity index (χ4n) is 3.95. The van der Waals surface area contributed by atoms with E-state index in [1.165, 1.54) is 34.8 Å². The van der Waals surface area contributed by atoms with Crippen molar-refractivity contribution in [3.8, 4) is 0 Å². The maximum absolute atomic E-state index is 12.8. The Hall–Kier alpha value is -1.89. The number of ether oxygens (including phenoxy) is 1. The summed E-state index contributed by atoms with van der Waals surface area (Å²) < 4.78 is 8.69. The molecule has 1 aliphatic heterocycles. The normalized spacial score (nSPS) is 20.1. The van der Waals surface area contributed by atoms with Gasteiger partial charge in [0.05, 0.1) is 12.2 Å². The predicted octanol–water partition coefficient (Wildman–Crippen LogP) is 1.75. The van der Waals surface area contributed by atoms with E-state index in [-0.39, 0.29) is 24.6 Å². The quantitative estimate of drug-likeness (QED) is 0.834. The van der Waals surface area contributed by atoms with Gasteiger partial charge in [-0.15, -0.1) is 0 Å². The third kappa shape index (κ3) is 3.63. The molecule has 1 aliphatic carbocycles. The van der Waals surface area contributed by atoms with Crippen LogP contribution in [0.3, 0.4) is 0 Å². The summed E-state index contributed by atoms with van der Waals surface area (Å²) >= 11 is 0. The van der Waals surface area contributed by atoms with Crippen LogP contribution in [0.5, 0.6) is 0 Å². The van der Waals surface area contributed by atoms with Gasteiger partial charge in [-0.2, -0.15) is 4.99 Å². The Balaban J connectivity index is 1.94. The predicted molar refractivity (Wildman–Crippen MR) is 100 cm³/mol. The Morgan fingerprint density at radius 2 is 2.00 bits per heavy atom. The summed E-state index contributed by atoms with van der Waals surface area (Å²) in [5, 5.41) is 9.02. The Morgan fingerprint density at radius 3 is 2.65 bits per heavy atom. The molecule has 0 saturated heterocycles. The highest BCUT2D eigenvalue weighted by Gasteiger charge is 2.29. The second-order valence-corrected chi connectivity index (χ2v) is 7.40. The minimum absolute atomic E-state index is 0.0540. The molecule has 1 fully saturated rings. The number of rotatable bonds is 6. The molecule has 0 aromatic carbocycles. The molecule has 144 valence electrons. The summed E-state index contributed by atoms with van der Waals surface area (Å²) in [5.41, 5.74) is -0.102. The number of nitrogens with zero attached hydrogens (tertiary/aromatic N) is 3. The van der Waals surface area contributed by atoms with E-state index in [1.54, 1.807) is 7.05 Å². The van der Waals surface area contributed by atoms with E-state index in [1.807, 2.05) is 0 Å². The molecule has 26 heavy (non-hydrogen) atoms. The minimum atomic E-state index is -0.393. The van der Waals surface area contributed by atoms with Crippen molar-refractivity contribution in [1.82, 2.24) is 9.13 Å². The van der Waals surface area contributed by atoms with Crippen molar-refractivity contribution in [3.63, 3.8) is 0 Å². The summed E-state index contributed by atoms with van der Waals surface area (Å²) in [6, 6.07) is 0. The highest BCUT2D eigenvalue weighted by Crippen LogP contribution is 2.29. The van der Waals surface area contributed by atoms with Crippen molar-refractivity contribution in [2.45, 2.75) is 58.4 Å². The average Bonchev–Trinajstić information content (AvgIpc) is 3.17. The highest BCUT2D eigenvalue weighted by molar-refractivity contribution is 5.83. The van der Waals surface area contributed by atoms with Crippen LogP contribution in [0, 0.1) is 11.8 Å². The van der Waals surface area contributed by atoms with Crippen LogP contribution in [-0.4, -0.2) is 33.4 Å². The van der Waals surface area contributed by atoms with Crippen molar-refractivity contribution in [3.05, 3.63) is 26.4 Å². The number of aliphatic hydroxyl groups excluding tert-OH is 1. The van der Waals surface area contributed by atoms with Gasteiger partial charge in [-0.3, -0.25) is 13.9 Å². The zero-order valence-electron chi connectivity index (χ0n) is 15.7. The number of hydrogen-bond acceptors (Lipinski definition) is 5. The number of aromatic nitrogens is 2. The lowest BCUT2D eigenvalue weighted by molar-refractivity contribution is 0.221. The topological polar surface area (TPSA) is 85.8 Å². The lowest BCUT2D eigenvalue weighted by atomic mass is 9.95. The molecule has 7 nitrogen and oxygen atoms in total. The molecule has 0 amide bonds. The molecule has 0 radical (unpaired) electrons. The van der Waals surface area contributed by atoms with Gasteiger partial charge in [0.15, 0.2) is 5.90 Å². The molecular formula is C19H29N3O4. The molecule has 0 bridgehead atoms. The van der Waals surface area contributed by atoms with Gasteiger partial charge in [-0.25, -0.2) is 4.79 Å². The first-order valence-corrected chi connectivity index (χ1v) is 9.71. The molecule has 7 heteroatoms. The summed E-state index contributed by atoms with van der Waals surface area (Å²) in [6.45, 7) is 2.91. The molecule has 1 saturated carbocycles. The van der Waals surface area contributed by atoms with E-state index in [0.29, 0.717) is 42.6 Å². The molecule has 2 aliphatic rings. The SMILES string of the molecule is CCC1Cc2c(n(C)c(=O)n(CCCO)c2=O)N=C1OCC1CCCC1. The van der Waals surface area contributed by atoms with E-state index >= 15 is 0 Å². The van der Waals surface area contributed by atoms with Crippen LogP contribution in [0.25, 0.3) is 0 Å². The Bertz CT molecular complexity index is 787. The van der Waals surface area contributed by atoms with Crippen LogP contribution < -0.4 is 11.2 Å². The van der Waals surface area contributed by atoms with Crippen LogP contribution >= 0.6 is 0 Å². The van der Waals surface area contributed by atoms with Crippen molar-refractivity contribution in [1.29, 1.82) is 0 Å². The van der Waals surface area contributed by atoms with Gasteiger partial charge in [-0.05, 0) is 38.0 Å². The van der Waals surface area contributed by atoms with Gasteiger partial charge in [0.2, 0.25) is 0 Å². The standard InChI is InChI=1S/C19H29N3O4/c1-3-14-11-15-16(20-17(14)26-12-13-7-4-5-8-13)21(2)19(25)22(18(15)24)9-6-10-23/h13-14,23H,3-12H2,1-2H3. The zero-order valence-corrected chi connectivity index (χ0v) is 15.7. The summed E-state index contributed by atoms with van der Waals surface area (Å²) in [6.07, 6.45) is 6.70.